The van der Waals surface area contributed by atoms with Crippen LogP contribution in [-0.2, 0) is 0 Å². The predicted octanol–water partition coefficient (Wildman–Crippen LogP) is 2.77. The third-order valence-electron chi connectivity index (χ3n) is 3.61. The molecule has 3 aromatic rings. The molecule has 1 heterocycles. The lowest BCUT2D eigenvalue weighted by Crippen LogP contribution is -2.20. The Hall–Kier alpha value is -3.48. The Morgan fingerprint density at radius 3 is 2.44 bits per heavy atom. The number of rotatable bonds is 4. The molecule has 0 fully saturated rings. The number of phenols is 1. The van der Waals surface area contributed by atoms with Gasteiger partial charge in [-0.3, -0.25) is 4.79 Å². The van der Waals surface area contributed by atoms with Crippen LogP contribution in [0.5, 0.6) is 17.2 Å². The van der Waals surface area contributed by atoms with Gasteiger partial charge in [-0.2, -0.15) is 0 Å². The highest BCUT2D eigenvalue weighted by molar-refractivity contribution is 6.06. The summed E-state index contributed by atoms with van der Waals surface area (Å²) in [6, 6.07) is 10.5. The zero-order chi connectivity index (χ0) is 18.0. The van der Waals surface area contributed by atoms with E-state index in [-0.39, 0.29) is 16.9 Å². The van der Waals surface area contributed by atoms with Gasteiger partial charge >= 0.3 is 5.63 Å². The Morgan fingerprint density at radius 2 is 1.80 bits per heavy atom. The molecule has 2 aromatic carbocycles. The van der Waals surface area contributed by atoms with Gasteiger partial charge in [0.15, 0.2) is 0 Å². The second-order valence-corrected chi connectivity index (χ2v) is 5.19. The van der Waals surface area contributed by atoms with Crippen molar-refractivity contribution in [2.45, 2.75) is 0 Å². The molecule has 0 bridgehead atoms. The molecule has 1 amide bonds. The normalized spacial score (nSPS) is 10.5. The van der Waals surface area contributed by atoms with Gasteiger partial charge in [-0.1, -0.05) is 0 Å². The van der Waals surface area contributed by atoms with Crippen molar-refractivity contribution in [2.24, 2.45) is 0 Å². The number of methoxy groups -OCH3 is 2. The third kappa shape index (κ3) is 3.25. The van der Waals surface area contributed by atoms with E-state index in [1.54, 1.807) is 12.1 Å². The lowest BCUT2D eigenvalue weighted by atomic mass is 10.1. The van der Waals surface area contributed by atoms with Gasteiger partial charge in [-0.25, -0.2) is 4.79 Å². The highest BCUT2D eigenvalue weighted by Gasteiger charge is 2.17. The summed E-state index contributed by atoms with van der Waals surface area (Å²) in [5.41, 5.74) is -0.255. The second kappa shape index (κ2) is 6.56. The van der Waals surface area contributed by atoms with Crippen LogP contribution in [0.3, 0.4) is 0 Å². The number of benzene rings is 2. The molecular formula is C18H15NO6. The van der Waals surface area contributed by atoms with Crippen molar-refractivity contribution in [3.8, 4) is 17.2 Å². The average molecular weight is 341 g/mol. The van der Waals surface area contributed by atoms with Crippen molar-refractivity contribution in [3.05, 3.63) is 58.4 Å². The van der Waals surface area contributed by atoms with E-state index in [0.717, 1.165) is 0 Å². The Bertz CT molecular complexity index is 991. The molecule has 3 rings (SSSR count). The molecule has 7 heteroatoms. The first kappa shape index (κ1) is 16.4. The predicted molar refractivity (Wildman–Crippen MR) is 91.6 cm³/mol. The largest absolute Gasteiger partial charge is 0.508 e. The second-order valence-electron chi connectivity index (χ2n) is 5.19. The molecule has 25 heavy (non-hydrogen) atoms. The van der Waals surface area contributed by atoms with Crippen molar-refractivity contribution in [2.75, 3.05) is 19.5 Å². The van der Waals surface area contributed by atoms with E-state index in [0.29, 0.717) is 22.6 Å². The summed E-state index contributed by atoms with van der Waals surface area (Å²) in [6.45, 7) is 0. The fourth-order valence-corrected chi connectivity index (χ4v) is 2.35. The monoisotopic (exact) mass is 341 g/mol. The number of hydrogen-bond donors (Lipinski definition) is 2. The maximum atomic E-state index is 12.4. The van der Waals surface area contributed by atoms with E-state index in [1.165, 1.54) is 44.6 Å². The van der Waals surface area contributed by atoms with Crippen LogP contribution in [0, 0.1) is 0 Å². The summed E-state index contributed by atoms with van der Waals surface area (Å²) in [4.78, 5) is 24.6. The minimum absolute atomic E-state index is 0.0712. The Balaban J connectivity index is 2.03. The molecule has 0 unspecified atom stereocenters. The Kier molecular flexibility index (Phi) is 4.30. The topological polar surface area (TPSA) is 98.0 Å². The number of fused-ring (bicyclic) bond motifs is 1. The third-order valence-corrected chi connectivity index (χ3v) is 3.61. The maximum absolute atomic E-state index is 12.4. The van der Waals surface area contributed by atoms with E-state index in [4.69, 9.17) is 13.9 Å². The van der Waals surface area contributed by atoms with E-state index < -0.39 is 11.5 Å². The van der Waals surface area contributed by atoms with Gasteiger partial charge in [0.05, 0.1) is 19.6 Å². The molecule has 0 saturated heterocycles. The quantitative estimate of drug-likeness (QED) is 0.559. The highest BCUT2D eigenvalue weighted by Crippen LogP contribution is 2.31. The number of phenolic OH excluding ortho intramolecular Hbond substituents is 1. The highest BCUT2D eigenvalue weighted by atomic mass is 16.5. The van der Waals surface area contributed by atoms with Crippen LogP contribution in [0.15, 0.2) is 51.7 Å². The first-order valence-corrected chi connectivity index (χ1v) is 7.32. The number of hydrogen-bond acceptors (Lipinski definition) is 6. The Labute approximate surface area is 142 Å². The molecule has 7 nitrogen and oxygen atoms in total. The standard InChI is InChI=1S/C18H15NO6/c1-23-12-7-15(24-2)13-9-14(18(22)25-16(13)8-12)17(21)19-10-3-5-11(20)6-4-10/h3-9,20H,1-2H3,(H,19,21). The summed E-state index contributed by atoms with van der Waals surface area (Å²) in [5.74, 6) is 0.326. The van der Waals surface area contributed by atoms with Crippen LogP contribution in [0.4, 0.5) is 5.69 Å². The van der Waals surface area contributed by atoms with Gasteiger partial charge in [0.2, 0.25) is 0 Å². The number of carbonyl (C=O) groups is 1. The first-order chi connectivity index (χ1) is 12.0. The molecule has 0 spiro atoms. The van der Waals surface area contributed by atoms with E-state index in [1.807, 2.05) is 0 Å². The van der Waals surface area contributed by atoms with Crippen molar-refractivity contribution < 1.29 is 23.8 Å². The smallest absolute Gasteiger partial charge is 0.349 e. The van der Waals surface area contributed by atoms with Crippen LogP contribution in [0.1, 0.15) is 10.4 Å². The van der Waals surface area contributed by atoms with Crippen molar-refractivity contribution in [1.82, 2.24) is 0 Å². The summed E-state index contributed by atoms with van der Waals surface area (Å²) in [6.07, 6.45) is 0. The van der Waals surface area contributed by atoms with Crippen molar-refractivity contribution in [1.29, 1.82) is 0 Å². The Morgan fingerprint density at radius 1 is 1.08 bits per heavy atom. The first-order valence-electron chi connectivity index (χ1n) is 7.32. The molecule has 0 radical (unpaired) electrons. The van der Waals surface area contributed by atoms with Gasteiger partial charge in [-0.15, -0.1) is 0 Å². The maximum Gasteiger partial charge on any atom is 0.349 e. The van der Waals surface area contributed by atoms with Gasteiger partial charge in [0, 0.05) is 17.8 Å². The molecule has 0 aliphatic rings. The average Bonchev–Trinajstić information content (AvgIpc) is 2.61. The number of amides is 1. The van der Waals surface area contributed by atoms with Gasteiger partial charge < -0.3 is 24.3 Å². The van der Waals surface area contributed by atoms with Crippen molar-refractivity contribution >= 4 is 22.6 Å². The molecule has 0 atom stereocenters. The molecule has 128 valence electrons. The van der Waals surface area contributed by atoms with E-state index >= 15 is 0 Å². The summed E-state index contributed by atoms with van der Waals surface area (Å²) in [5, 5.41) is 12.3. The number of aromatic hydroxyl groups is 1. The van der Waals surface area contributed by atoms with Crippen LogP contribution >= 0.6 is 0 Å². The molecular weight excluding hydrogens is 326 g/mol. The van der Waals surface area contributed by atoms with Gasteiger partial charge in [0.25, 0.3) is 5.91 Å². The zero-order valence-corrected chi connectivity index (χ0v) is 13.5. The van der Waals surface area contributed by atoms with Crippen LogP contribution < -0.4 is 20.4 Å². The lowest BCUT2D eigenvalue weighted by molar-refractivity contribution is 0.102. The molecule has 1 aromatic heterocycles. The zero-order valence-electron chi connectivity index (χ0n) is 13.5. The number of anilines is 1. The molecule has 0 saturated carbocycles. The van der Waals surface area contributed by atoms with Gasteiger partial charge in [0.1, 0.15) is 28.4 Å². The van der Waals surface area contributed by atoms with Gasteiger partial charge in [-0.05, 0) is 30.3 Å². The number of ether oxygens (including phenoxy) is 2. The SMILES string of the molecule is COc1cc(OC)c2cc(C(=O)Nc3ccc(O)cc3)c(=O)oc2c1. The fourth-order valence-electron chi connectivity index (χ4n) is 2.35. The number of carbonyl (C=O) groups excluding carboxylic acids is 1. The molecule has 0 aliphatic heterocycles. The minimum Gasteiger partial charge on any atom is -0.508 e. The van der Waals surface area contributed by atoms with E-state index in [2.05, 4.69) is 5.32 Å². The summed E-state index contributed by atoms with van der Waals surface area (Å²) >= 11 is 0. The minimum atomic E-state index is -0.779. The van der Waals surface area contributed by atoms with Crippen LogP contribution in [-0.4, -0.2) is 25.2 Å². The summed E-state index contributed by atoms with van der Waals surface area (Å²) < 4.78 is 15.6. The van der Waals surface area contributed by atoms with Crippen LogP contribution in [0.25, 0.3) is 11.0 Å². The van der Waals surface area contributed by atoms with Crippen molar-refractivity contribution in [3.63, 3.8) is 0 Å². The molecule has 0 aliphatic carbocycles. The fraction of sp³-hybridized carbons (Fsp3) is 0.111. The van der Waals surface area contributed by atoms with Crippen LogP contribution in [0.2, 0.25) is 0 Å². The van der Waals surface area contributed by atoms with E-state index in [9.17, 15) is 14.7 Å². The number of nitrogens with one attached hydrogen (secondary N) is 1. The summed E-state index contributed by atoms with van der Waals surface area (Å²) in [7, 11) is 2.95. The molecule has 2 N–H and O–H groups in total. The lowest BCUT2D eigenvalue weighted by Gasteiger charge is -2.09.